The molecule has 1 N–H and O–H groups in total. The maximum Gasteiger partial charge on any atom is 0.251 e. The van der Waals surface area contributed by atoms with E-state index in [1.54, 1.807) is 17.0 Å². The third kappa shape index (κ3) is 5.06. The second-order valence-corrected chi connectivity index (χ2v) is 6.46. The summed E-state index contributed by atoms with van der Waals surface area (Å²) in [4.78, 5) is 26.9. The first kappa shape index (κ1) is 17.5. The van der Waals surface area contributed by atoms with E-state index in [4.69, 9.17) is 4.74 Å². The molecule has 0 spiro atoms. The maximum atomic E-state index is 12.7. The van der Waals surface area contributed by atoms with Crippen LogP contribution >= 0.6 is 0 Å². The molecule has 1 heterocycles. The van der Waals surface area contributed by atoms with Gasteiger partial charge in [-0.2, -0.15) is 0 Å². The Kier molecular flexibility index (Phi) is 6.16. The van der Waals surface area contributed by atoms with E-state index < -0.39 is 6.04 Å². The van der Waals surface area contributed by atoms with Crippen molar-refractivity contribution < 1.29 is 14.3 Å². The highest BCUT2D eigenvalue weighted by atomic mass is 16.5. The molecule has 0 bridgehead atoms. The van der Waals surface area contributed by atoms with Gasteiger partial charge in [-0.25, -0.2) is 0 Å². The maximum absolute atomic E-state index is 12.7. The van der Waals surface area contributed by atoms with Crippen LogP contribution in [0.4, 0.5) is 0 Å². The average molecular weight is 318 g/mol. The quantitative estimate of drug-likeness (QED) is 0.903. The second kappa shape index (κ2) is 8.11. The van der Waals surface area contributed by atoms with Gasteiger partial charge in [-0.05, 0) is 31.4 Å². The number of benzene rings is 1. The molecule has 1 aromatic rings. The van der Waals surface area contributed by atoms with Crippen molar-refractivity contribution in [1.82, 2.24) is 10.2 Å². The number of morpholine rings is 1. The summed E-state index contributed by atoms with van der Waals surface area (Å²) in [6.07, 6.45) is 0.633. The normalized spacial score (nSPS) is 16.3. The van der Waals surface area contributed by atoms with Crippen molar-refractivity contribution in [2.45, 2.75) is 33.2 Å². The van der Waals surface area contributed by atoms with Crippen LogP contribution in [-0.2, 0) is 9.53 Å². The molecule has 1 aliphatic rings. The third-order valence-corrected chi connectivity index (χ3v) is 3.95. The molecule has 5 heteroatoms. The number of ether oxygens (including phenoxy) is 1. The van der Waals surface area contributed by atoms with E-state index in [0.29, 0.717) is 44.2 Å². The first-order valence-electron chi connectivity index (χ1n) is 8.21. The van der Waals surface area contributed by atoms with Gasteiger partial charge in [0.15, 0.2) is 0 Å². The van der Waals surface area contributed by atoms with Gasteiger partial charge in [-0.3, -0.25) is 9.59 Å². The number of hydrogen-bond acceptors (Lipinski definition) is 3. The topological polar surface area (TPSA) is 58.6 Å². The summed E-state index contributed by atoms with van der Waals surface area (Å²) in [7, 11) is 0. The van der Waals surface area contributed by atoms with Crippen molar-refractivity contribution in [2.75, 3.05) is 26.3 Å². The molecule has 0 unspecified atom stereocenters. The minimum atomic E-state index is -0.484. The standard InChI is InChI=1S/C18H26N2O3/c1-13(2)12-16(18(22)20-8-10-23-11-9-20)19-17(21)15-6-4-14(3)5-7-15/h4-7,13,16H,8-12H2,1-3H3,(H,19,21)/t16-/m0/s1. The Morgan fingerprint density at radius 3 is 2.35 bits per heavy atom. The fourth-order valence-electron chi connectivity index (χ4n) is 2.64. The van der Waals surface area contributed by atoms with Crippen molar-refractivity contribution in [3.05, 3.63) is 35.4 Å². The zero-order valence-corrected chi connectivity index (χ0v) is 14.2. The summed E-state index contributed by atoms with van der Waals surface area (Å²) in [5, 5.41) is 2.91. The van der Waals surface area contributed by atoms with Crippen LogP contribution in [0.2, 0.25) is 0 Å². The van der Waals surface area contributed by atoms with E-state index in [2.05, 4.69) is 19.2 Å². The van der Waals surface area contributed by atoms with Gasteiger partial charge in [0.05, 0.1) is 13.2 Å². The molecule has 0 aromatic heterocycles. The summed E-state index contributed by atoms with van der Waals surface area (Å²) in [5.41, 5.74) is 1.68. The zero-order valence-electron chi connectivity index (χ0n) is 14.2. The van der Waals surface area contributed by atoms with Crippen LogP contribution < -0.4 is 5.32 Å². The fourth-order valence-corrected chi connectivity index (χ4v) is 2.64. The lowest BCUT2D eigenvalue weighted by molar-refractivity contribution is -0.137. The van der Waals surface area contributed by atoms with Gasteiger partial charge >= 0.3 is 0 Å². The highest BCUT2D eigenvalue weighted by molar-refractivity contribution is 5.97. The SMILES string of the molecule is Cc1ccc(C(=O)N[C@@H](CC(C)C)C(=O)N2CCOCC2)cc1. The predicted molar refractivity (Wildman–Crippen MR) is 89.3 cm³/mol. The van der Waals surface area contributed by atoms with E-state index in [0.717, 1.165) is 5.56 Å². The second-order valence-electron chi connectivity index (χ2n) is 6.46. The Morgan fingerprint density at radius 2 is 1.78 bits per heavy atom. The Balaban J connectivity index is 2.06. The van der Waals surface area contributed by atoms with Gasteiger partial charge in [0.1, 0.15) is 6.04 Å². The van der Waals surface area contributed by atoms with Gasteiger partial charge in [-0.1, -0.05) is 31.5 Å². The van der Waals surface area contributed by atoms with E-state index in [1.807, 2.05) is 19.1 Å². The van der Waals surface area contributed by atoms with Crippen LogP contribution in [0.5, 0.6) is 0 Å². The molecule has 5 nitrogen and oxygen atoms in total. The minimum absolute atomic E-state index is 0.0116. The number of nitrogens with zero attached hydrogens (tertiary/aromatic N) is 1. The van der Waals surface area contributed by atoms with E-state index in [1.165, 1.54) is 0 Å². The summed E-state index contributed by atoms with van der Waals surface area (Å²) in [5.74, 6) is 0.114. The fraction of sp³-hybridized carbons (Fsp3) is 0.556. The molecular weight excluding hydrogens is 292 g/mol. The molecule has 2 rings (SSSR count). The monoisotopic (exact) mass is 318 g/mol. The first-order chi connectivity index (χ1) is 11.0. The van der Waals surface area contributed by atoms with Gasteiger partial charge < -0.3 is 15.0 Å². The van der Waals surface area contributed by atoms with Crippen LogP contribution in [0.25, 0.3) is 0 Å². The smallest absolute Gasteiger partial charge is 0.251 e. The first-order valence-corrected chi connectivity index (χ1v) is 8.21. The van der Waals surface area contributed by atoms with E-state index in [9.17, 15) is 9.59 Å². The van der Waals surface area contributed by atoms with Gasteiger partial charge in [0.25, 0.3) is 5.91 Å². The van der Waals surface area contributed by atoms with Gasteiger partial charge in [0.2, 0.25) is 5.91 Å². The highest BCUT2D eigenvalue weighted by Crippen LogP contribution is 2.11. The summed E-state index contributed by atoms with van der Waals surface area (Å²) in [6.45, 7) is 8.39. The van der Waals surface area contributed by atoms with Crippen molar-refractivity contribution in [2.24, 2.45) is 5.92 Å². The highest BCUT2D eigenvalue weighted by Gasteiger charge is 2.28. The Bertz CT molecular complexity index is 534. The number of carbonyl (C=O) groups excluding carboxylic acids is 2. The number of rotatable bonds is 5. The number of amides is 2. The lowest BCUT2D eigenvalue weighted by Gasteiger charge is -2.31. The van der Waals surface area contributed by atoms with Gasteiger partial charge in [0, 0.05) is 18.7 Å². The molecule has 0 saturated carbocycles. The molecule has 1 fully saturated rings. The average Bonchev–Trinajstić information content (AvgIpc) is 2.54. The van der Waals surface area contributed by atoms with E-state index in [-0.39, 0.29) is 11.8 Å². The third-order valence-electron chi connectivity index (χ3n) is 3.95. The largest absolute Gasteiger partial charge is 0.378 e. The summed E-state index contributed by atoms with van der Waals surface area (Å²) in [6, 6.07) is 6.89. The van der Waals surface area contributed by atoms with E-state index >= 15 is 0 Å². The van der Waals surface area contributed by atoms with Crippen molar-refractivity contribution in [3.63, 3.8) is 0 Å². The van der Waals surface area contributed by atoms with Crippen molar-refractivity contribution in [3.8, 4) is 0 Å². The van der Waals surface area contributed by atoms with Crippen LogP contribution in [0, 0.1) is 12.8 Å². The lowest BCUT2D eigenvalue weighted by Crippen LogP contribution is -2.52. The molecule has 1 aromatic carbocycles. The van der Waals surface area contributed by atoms with Gasteiger partial charge in [-0.15, -0.1) is 0 Å². The number of nitrogens with one attached hydrogen (secondary N) is 1. The van der Waals surface area contributed by atoms with Crippen molar-refractivity contribution >= 4 is 11.8 Å². The molecule has 1 saturated heterocycles. The predicted octanol–water partition coefficient (Wildman–Crippen LogP) is 2.00. The molecule has 0 radical (unpaired) electrons. The zero-order chi connectivity index (χ0) is 16.8. The Morgan fingerprint density at radius 1 is 1.17 bits per heavy atom. The summed E-state index contributed by atoms with van der Waals surface area (Å²) < 4.78 is 5.29. The van der Waals surface area contributed by atoms with Crippen LogP contribution in [0.15, 0.2) is 24.3 Å². The Labute approximate surface area is 138 Å². The minimum Gasteiger partial charge on any atom is -0.378 e. The van der Waals surface area contributed by atoms with Crippen LogP contribution in [0.1, 0.15) is 36.2 Å². The molecule has 1 atom stereocenters. The Hall–Kier alpha value is -1.88. The molecule has 23 heavy (non-hydrogen) atoms. The summed E-state index contributed by atoms with van der Waals surface area (Å²) >= 11 is 0. The number of aryl methyl sites for hydroxylation is 1. The molecule has 126 valence electrons. The number of hydrogen-bond donors (Lipinski definition) is 1. The molecule has 1 aliphatic heterocycles. The van der Waals surface area contributed by atoms with Crippen LogP contribution in [0.3, 0.4) is 0 Å². The number of carbonyl (C=O) groups is 2. The van der Waals surface area contributed by atoms with Crippen molar-refractivity contribution in [1.29, 1.82) is 0 Å². The molecule has 0 aliphatic carbocycles. The van der Waals surface area contributed by atoms with Crippen LogP contribution in [-0.4, -0.2) is 49.1 Å². The lowest BCUT2D eigenvalue weighted by atomic mass is 10.0. The molecular formula is C18H26N2O3. The molecule has 2 amide bonds.